The van der Waals surface area contributed by atoms with Crippen LogP contribution < -0.4 is 4.74 Å². The van der Waals surface area contributed by atoms with Crippen molar-refractivity contribution in [1.82, 2.24) is 9.78 Å². The summed E-state index contributed by atoms with van der Waals surface area (Å²) in [4.78, 5) is 10.9. The molecule has 19 heavy (non-hydrogen) atoms. The second kappa shape index (κ2) is 5.88. The summed E-state index contributed by atoms with van der Waals surface area (Å²) in [5, 5.41) is 13.0. The number of carboxylic acid groups (broad SMARTS) is 1. The van der Waals surface area contributed by atoms with Crippen LogP contribution in [0.25, 0.3) is 0 Å². The summed E-state index contributed by atoms with van der Waals surface area (Å²) in [6, 6.07) is 6.63. The lowest BCUT2D eigenvalue weighted by Crippen LogP contribution is -2.07. The standard InChI is InChI=1S/C13H13BrN2O3/c1-16-10(4-6-15-16)5-7-19-12-8-9(13(17)18)2-3-11(12)14/h2-4,6,8H,5,7H2,1H3,(H,17,18). The normalized spacial score (nSPS) is 10.4. The smallest absolute Gasteiger partial charge is 0.335 e. The molecule has 0 bridgehead atoms. The molecule has 5 nitrogen and oxygen atoms in total. The van der Waals surface area contributed by atoms with Crippen LogP contribution in [-0.4, -0.2) is 27.5 Å². The molecular weight excluding hydrogens is 312 g/mol. The number of carbonyl (C=O) groups is 1. The van der Waals surface area contributed by atoms with Gasteiger partial charge in [-0.05, 0) is 40.2 Å². The number of hydrogen-bond acceptors (Lipinski definition) is 3. The van der Waals surface area contributed by atoms with Crippen molar-refractivity contribution in [2.24, 2.45) is 7.05 Å². The van der Waals surface area contributed by atoms with Crippen molar-refractivity contribution < 1.29 is 14.6 Å². The number of aromatic nitrogens is 2. The van der Waals surface area contributed by atoms with E-state index in [-0.39, 0.29) is 5.56 Å². The topological polar surface area (TPSA) is 64.4 Å². The van der Waals surface area contributed by atoms with Crippen molar-refractivity contribution in [1.29, 1.82) is 0 Å². The Morgan fingerprint density at radius 2 is 2.26 bits per heavy atom. The van der Waals surface area contributed by atoms with Crippen molar-refractivity contribution in [2.45, 2.75) is 6.42 Å². The number of carboxylic acids is 1. The summed E-state index contributed by atoms with van der Waals surface area (Å²) < 4.78 is 8.13. The van der Waals surface area contributed by atoms with E-state index < -0.39 is 5.97 Å². The van der Waals surface area contributed by atoms with Gasteiger partial charge in [0, 0.05) is 25.4 Å². The maximum atomic E-state index is 10.9. The van der Waals surface area contributed by atoms with E-state index >= 15 is 0 Å². The second-order valence-electron chi connectivity index (χ2n) is 3.99. The first kappa shape index (κ1) is 13.6. The lowest BCUT2D eigenvalue weighted by molar-refractivity contribution is 0.0696. The van der Waals surface area contributed by atoms with Gasteiger partial charge in [0.1, 0.15) is 5.75 Å². The zero-order valence-electron chi connectivity index (χ0n) is 10.3. The van der Waals surface area contributed by atoms with Crippen LogP contribution in [0, 0.1) is 0 Å². The van der Waals surface area contributed by atoms with Crippen LogP contribution in [0.15, 0.2) is 34.9 Å². The zero-order valence-corrected chi connectivity index (χ0v) is 11.9. The lowest BCUT2D eigenvalue weighted by atomic mass is 10.2. The van der Waals surface area contributed by atoms with Gasteiger partial charge >= 0.3 is 5.97 Å². The first-order chi connectivity index (χ1) is 9.08. The Hall–Kier alpha value is -1.82. The van der Waals surface area contributed by atoms with Crippen LogP contribution in [0.2, 0.25) is 0 Å². The van der Waals surface area contributed by atoms with Gasteiger partial charge in [-0.3, -0.25) is 4.68 Å². The molecule has 0 unspecified atom stereocenters. The van der Waals surface area contributed by atoms with Crippen LogP contribution >= 0.6 is 15.9 Å². The highest BCUT2D eigenvalue weighted by atomic mass is 79.9. The molecule has 2 rings (SSSR count). The van der Waals surface area contributed by atoms with E-state index in [1.807, 2.05) is 13.1 Å². The minimum absolute atomic E-state index is 0.207. The van der Waals surface area contributed by atoms with E-state index in [0.717, 1.165) is 10.2 Å². The highest BCUT2D eigenvalue weighted by Gasteiger charge is 2.08. The van der Waals surface area contributed by atoms with Crippen LogP contribution in [-0.2, 0) is 13.5 Å². The van der Waals surface area contributed by atoms with Gasteiger partial charge in [-0.1, -0.05) is 0 Å². The Balaban J connectivity index is 2.01. The van der Waals surface area contributed by atoms with Crippen LogP contribution in [0.3, 0.4) is 0 Å². The Labute approximate surface area is 118 Å². The highest BCUT2D eigenvalue weighted by molar-refractivity contribution is 9.10. The van der Waals surface area contributed by atoms with Gasteiger partial charge < -0.3 is 9.84 Å². The molecule has 6 heteroatoms. The first-order valence-electron chi connectivity index (χ1n) is 5.70. The second-order valence-corrected chi connectivity index (χ2v) is 4.85. The number of nitrogens with zero attached hydrogens (tertiary/aromatic N) is 2. The molecule has 0 radical (unpaired) electrons. The maximum Gasteiger partial charge on any atom is 0.335 e. The third kappa shape index (κ3) is 3.35. The maximum absolute atomic E-state index is 10.9. The Morgan fingerprint density at radius 1 is 1.47 bits per heavy atom. The zero-order chi connectivity index (χ0) is 13.8. The Kier molecular flexibility index (Phi) is 4.21. The van der Waals surface area contributed by atoms with Crippen LogP contribution in [0.1, 0.15) is 16.1 Å². The molecule has 1 aromatic heterocycles. The van der Waals surface area contributed by atoms with Gasteiger partial charge in [-0.2, -0.15) is 5.10 Å². The number of aryl methyl sites for hydroxylation is 1. The van der Waals surface area contributed by atoms with Gasteiger partial charge in [0.25, 0.3) is 0 Å². The van der Waals surface area contributed by atoms with Gasteiger partial charge in [-0.25, -0.2) is 4.79 Å². The molecule has 0 spiro atoms. The van der Waals surface area contributed by atoms with E-state index in [1.165, 1.54) is 12.1 Å². The molecule has 0 saturated heterocycles. The van der Waals surface area contributed by atoms with Crippen molar-refractivity contribution in [3.63, 3.8) is 0 Å². The van der Waals surface area contributed by atoms with E-state index in [1.54, 1.807) is 16.9 Å². The fourth-order valence-electron chi connectivity index (χ4n) is 1.66. The van der Waals surface area contributed by atoms with Gasteiger partial charge in [0.05, 0.1) is 16.6 Å². The van der Waals surface area contributed by atoms with E-state index in [0.29, 0.717) is 18.8 Å². The molecule has 1 N–H and O–H groups in total. The van der Waals surface area contributed by atoms with Crippen molar-refractivity contribution in [3.05, 3.63) is 46.2 Å². The Bertz CT molecular complexity index is 595. The number of halogens is 1. The SMILES string of the molecule is Cn1nccc1CCOc1cc(C(=O)O)ccc1Br. The number of aromatic carboxylic acids is 1. The molecule has 0 aliphatic rings. The summed E-state index contributed by atoms with van der Waals surface area (Å²) >= 11 is 3.34. The number of ether oxygens (including phenoxy) is 1. The van der Waals surface area contributed by atoms with Crippen molar-refractivity contribution in [3.8, 4) is 5.75 Å². The molecule has 0 atom stereocenters. The molecule has 0 amide bonds. The Morgan fingerprint density at radius 3 is 2.89 bits per heavy atom. The van der Waals surface area contributed by atoms with Crippen LogP contribution in [0.4, 0.5) is 0 Å². The summed E-state index contributed by atoms with van der Waals surface area (Å²) in [7, 11) is 1.87. The minimum Gasteiger partial charge on any atom is -0.492 e. The summed E-state index contributed by atoms with van der Waals surface area (Å²) in [6.45, 7) is 0.460. The highest BCUT2D eigenvalue weighted by Crippen LogP contribution is 2.26. The average molecular weight is 325 g/mol. The number of benzene rings is 1. The third-order valence-electron chi connectivity index (χ3n) is 2.72. The van der Waals surface area contributed by atoms with Gasteiger partial charge in [0.15, 0.2) is 0 Å². The predicted octanol–water partition coefficient (Wildman–Crippen LogP) is 2.50. The largest absolute Gasteiger partial charge is 0.492 e. The van der Waals surface area contributed by atoms with E-state index in [9.17, 15) is 4.79 Å². The molecule has 0 aliphatic heterocycles. The van der Waals surface area contributed by atoms with Crippen LogP contribution in [0.5, 0.6) is 5.75 Å². The molecule has 0 fully saturated rings. The molecule has 1 heterocycles. The van der Waals surface area contributed by atoms with Crippen molar-refractivity contribution in [2.75, 3.05) is 6.61 Å². The van der Waals surface area contributed by atoms with Crippen molar-refractivity contribution >= 4 is 21.9 Å². The minimum atomic E-state index is -0.969. The molecule has 0 aliphatic carbocycles. The lowest BCUT2D eigenvalue weighted by Gasteiger charge is -2.09. The predicted molar refractivity (Wildman–Crippen MR) is 73.5 cm³/mol. The van der Waals surface area contributed by atoms with E-state index in [2.05, 4.69) is 21.0 Å². The van der Waals surface area contributed by atoms with Gasteiger partial charge in [0.2, 0.25) is 0 Å². The molecular formula is C13H13BrN2O3. The molecule has 2 aromatic rings. The first-order valence-corrected chi connectivity index (χ1v) is 6.50. The summed E-state index contributed by atoms with van der Waals surface area (Å²) in [6.07, 6.45) is 2.44. The molecule has 1 aromatic carbocycles. The van der Waals surface area contributed by atoms with E-state index in [4.69, 9.17) is 9.84 Å². The number of rotatable bonds is 5. The molecule has 0 saturated carbocycles. The average Bonchev–Trinajstić information content (AvgIpc) is 2.77. The summed E-state index contributed by atoms with van der Waals surface area (Å²) in [5.74, 6) is -0.439. The number of hydrogen-bond donors (Lipinski definition) is 1. The molecule has 100 valence electrons. The van der Waals surface area contributed by atoms with Gasteiger partial charge in [-0.15, -0.1) is 0 Å². The third-order valence-corrected chi connectivity index (χ3v) is 3.37. The fourth-order valence-corrected chi connectivity index (χ4v) is 2.02. The summed E-state index contributed by atoms with van der Waals surface area (Å²) in [5.41, 5.74) is 1.27. The monoisotopic (exact) mass is 324 g/mol. The fraction of sp³-hybridized carbons (Fsp3) is 0.231. The quantitative estimate of drug-likeness (QED) is 0.917.